The first-order chi connectivity index (χ1) is 6.74. The lowest BCUT2D eigenvalue weighted by Crippen LogP contribution is -2.26. The van der Waals surface area contributed by atoms with E-state index in [1.807, 2.05) is 12.1 Å². The van der Waals surface area contributed by atoms with Crippen LogP contribution in [0.4, 0.5) is 0 Å². The number of hydrogen-bond donors (Lipinski definition) is 2. The highest BCUT2D eigenvalue weighted by atomic mass is 35.5. The molecule has 15 heavy (non-hydrogen) atoms. The number of carbonyl (C=O) groups excluding carboxylic acids is 1. The standard InChI is InChI=1S/C9H10ClN3O.ClH/c10-8-4-2-1-3-7(8)6-12-13-9(14)5-11;/h1-4,6H,5,11H2,(H,13,14);1H/b12-6+;. The average molecular weight is 248 g/mol. The molecule has 0 saturated heterocycles. The summed E-state index contributed by atoms with van der Waals surface area (Å²) >= 11 is 5.84. The quantitative estimate of drug-likeness (QED) is 0.622. The first kappa shape index (κ1) is 13.9. The van der Waals surface area contributed by atoms with Crippen LogP contribution in [0.25, 0.3) is 0 Å². The molecule has 0 aliphatic rings. The normalized spacial score (nSPS) is 9.73. The molecule has 6 heteroatoms. The van der Waals surface area contributed by atoms with E-state index in [0.717, 1.165) is 5.56 Å². The summed E-state index contributed by atoms with van der Waals surface area (Å²) in [6.07, 6.45) is 1.47. The summed E-state index contributed by atoms with van der Waals surface area (Å²) in [6.45, 7) is -0.0835. The van der Waals surface area contributed by atoms with Gasteiger partial charge in [-0.05, 0) is 6.07 Å². The third kappa shape index (κ3) is 4.78. The molecule has 82 valence electrons. The number of carbonyl (C=O) groups is 1. The first-order valence-electron chi connectivity index (χ1n) is 4.00. The van der Waals surface area contributed by atoms with Crippen LogP contribution in [0, 0.1) is 0 Å². The van der Waals surface area contributed by atoms with Crippen molar-refractivity contribution in [2.45, 2.75) is 0 Å². The summed E-state index contributed by atoms with van der Waals surface area (Å²) in [5, 5.41) is 4.27. The molecule has 0 bridgehead atoms. The van der Waals surface area contributed by atoms with Gasteiger partial charge in [0.15, 0.2) is 0 Å². The number of halogens is 2. The highest BCUT2D eigenvalue weighted by molar-refractivity contribution is 6.33. The van der Waals surface area contributed by atoms with Gasteiger partial charge in [-0.1, -0.05) is 29.8 Å². The number of nitrogens with two attached hydrogens (primary N) is 1. The van der Waals surface area contributed by atoms with Gasteiger partial charge < -0.3 is 5.73 Å². The molecule has 0 unspecified atom stereocenters. The molecule has 0 fully saturated rings. The van der Waals surface area contributed by atoms with Crippen molar-refractivity contribution < 1.29 is 4.79 Å². The van der Waals surface area contributed by atoms with E-state index in [-0.39, 0.29) is 24.9 Å². The maximum atomic E-state index is 10.7. The van der Waals surface area contributed by atoms with E-state index in [2.05, 4.69) is 10.5 Å². The molecule has 4 nitrogen and oxygen atoms in total. The Balaban J connectivity index is 0.00000196. The Morgan fingerprint density at radius 1 is 1.53 bits per heavy atom. The number of nitrogens with zero attached hydrogens (tertiary/aromatic N) is 1. The second-order valence-electron chi connectivity index (χ2n) is 2.52. The highest BCUT2D eigenvalue weighted by Gasteiger charge is 1.95. The van der Waals surface area contributed by atoms with E-state index in [4.69, 9.17) is 17.3 Å². The van der Waals surface area contributed by atoms with Gasteiger partial charge in [-0.15, -0.1) is 12.4 Å². The minimum absolute atomic E-state index is 0. The fraction of sp³-hybridized carbons (Fsp3) is 0.111. The van der Waals surface area contributed by atoms with Crippen molar-refractivity contribution in [2.24, 2.45) is 10.8 Å². The smallest absolute Gasteiger partial charge is 0.253 e. The molecule has 0 aliphatic carbocycles. The van der Waals surface area contributed by atoms with Crippen molar-refractivity contribution in [3.63, 3.8) is 0 Å². The zero-order chi connectivity index (χ0) is 10.4. The molecule has 0 atom stereocenters. The van der Waals surface area contributed by atoms with E-state index in [1.54, 1.807) is 12.1 Å². The number of hydrogen-bond acceptors (Lipinski definition) is 3. The Bertz CT molecular complexity index is 355. The van der Waals surface area contributed by atoms with Crippen LogP contribution < -0.4 is 11.2 Å². The summed E-state index contributed by atoms with van der Waals surface area (Å²) in [6, 6.07) is 7.18. The van der Waals surface area contributed by atoms with E-state index >= 15 is 0 Å². The van der Waals surface area contributed by atoms with Crippen LogP contribution in [0.1, 0.15) is 5.56 Å². The van der Waals surface area contributed by atoms with Crippen LogP contribution in [0.5, 0.6) is 0 Å². The SMILES string of the molecule is Cl.NCC(=O)N/N=C/c1ccccc1Cl. The zero-order valence-corrected chi connectivity index (χ0v) is 9.39. The molecular weight excluding hydrogens is 237 g/mol. The Labute approximate surface area is 98.9 Å². The molecule has 3 N–H and O–H groups in total. The Morgan fingerprint density at radius 2 is 2.20 bits per heavy atom. The van der Waals surface area contributed by atoms with Crippen LogP contribution in [-0.2, 0) is 4.79 Å². The fourth-order valence-corrected chi connectivity index (χ4v) is 0.984. The second-order valence-corrected chi connectivity index (χ2v) is 2.93. The van der Waals surface area contributed by atoms with Gasteiger partial charge in [-0.3, -0.25) is 4.79 Å². The zero-order valence-electron chi connectivity index (χ0n) is 7.81. The lowest BCUT2D eigenvalue weighted by molar-refractivity contribution is -0.119. The van der Waals surface area contributed by atoms with E-state index in [9.17, 15) is 4.79 Å². The minimum atomic E-state index is -0.340. The number of hydrazone groups is 1. The van der Waals surface area contributed by atoms with Crippen molar-refractivity contribution in [2.75, 3.05) is 6.54 Å². The van der Waals surface area contributed by atoms with Crippen molar-refractivity contribution in [1.29, 1.82) is 0 Å². The van der Waals surface area contributed by atoms with Gasteiger partial charge in [0.05, 0.1) is 12.8 Å². The minimum Gasteiger partial charge on any atom is -0.322 e. The number of benzene rings is 1. The van der Waals surface area contributed by atoms with Crippen molar-refractivity contribution in [1.82, 2.24) is 5.43 Å². The summed E-state index contributed by atoms with van der Waals surface area (Å²) in [4.78, 5) is 10.7. The Kier molecular flexibility index (Phi) is 6.70. The number of rotatable bonds is 3. The molecular formula is C9H11Cl2N3O. The molecule has 1 aromatic carbocycles. The van der Waals surface area contributed by atoms with Gasteiger partial charge in [-0.25, -0.2) is 5.43 Å². The summed E-state index contributed by atoms with van der Waals surface area (Å²) in [5.74, 6) is -0.340. The Hall–Kier alpha value is -1.10. The lowest BCUT2D eigenvalue weighted by Gasteiger charge is -1.96. The van der Waals surface area contributed by atoms with Gasteiger partial charge in [0, 0.05) is 10.6 Å². The Morgan fingerprint density at radius 3 is 2.80 bits per heavy atom. The third-order valence-corrected chi connectivity index (χ3v) is 1.83. The molecule has 1 rings (SSSR count). The van der Waals surface area contributed by atoms with Crippen molar-refractivity contribution in [3.05, 3.63) is 34.9 Å². The molecule has 0 saturated carbocycles. The second kappa shape index (κ2) is 7.23. The monoisotopic (exact) mass is 247 g/mol. The van der Waals surface area contributed by atoms with Gasteiger partial charge in [0.1, 0.15) is 0 Å². The van der Waals surface area contributed by atoms with Crippen LogP contribution >= 0.6 is 24.0 Å². The summed E-state index contributed by atoms with van der Waals surface area (Å²) < 4.78 is 0. The lowest BCUT2D eigenvalue weighted by atomic mass is 10.2. The highest BCUT2D eigenvalue weighted by Crippen LogP contribution is 2.11. The molecule has 0 aromatic heterocycles. The van der Waals surface area contributed by atoms with Crippen LogP contribution in [-0.4, -0.2) is 18.7 Å². The van der Waals surface area contributed by atoms with Crippen LogP contribution in [0.15, 0.2) is 29.4 Å². The average Bonchev–Trinajstić information content (AvgIpc) is 2.20. The maximum absolute atomic E-state index is 10.7. The third-order valence-electron chi connectivity index (χ3n) is 1.48. The summed E-state index contributed by atoms with van der Waals surface area (Å²) in [7, 11) is 0. The molecule has 0 aliphatic heterocycles. The van der Waals surface area contributed by atoms with Crippen molar-refractivity contribution >= 4 is 36.1 Å². The predicted molar refractivity (Wildman–Crippen MR) is 63.5 cm³/mol. The van der Waals surface area contributed by atoms with Gasteiger partial charge in [0.25, 0.3) is 5.91 Å². The van der Waals surface area contributed by atoms with E-state index < -0.39 is 0 Å². The van der Waals surface area contributed by atoms with Crippen LogP contribution in [0.3, 0.4) is 0 Å². The number of nitrogens with one attached hydrogen (secondary N) is 1. The van der Waals surface area contributed by atoms with Crippen molar-refractivity contribution in [3.8, 4) is 0 Å². The van der Waals surface area contributed by atoms with Gasteiger partial charge in [0.2, 0.25) is 0 Å². The van der Waals surface area contributed by atoms with E-state index in [1.165, 1.54) is 6.21 Å². The number of amides is 1. The molecule has 0 heterocycles. The first-order valence-corrected chi connectivity index (χ1v) is 4.38. The maximum Gasteiger partial charge on any atom is 0.253 e. The topological polar surface area (TPSA) is 67.5 Å². The van der Waals surface area contributed by atoms with Crippen LogP contribution in [0.2, 0.25) is 5.02 Å². The fourth-order valence-electron chi connectivity index (χ4n) is 0.799. The largest absolute Gasteiger partial charge is 0.322 e. The molecule has 0 radical (unpaired) electrons. The summed E-state index contributed by atoms with van der Waals surface area (Å²) in [5.41, 5.74) is 8.07. The van der Waals surface area contributed by atoms with E-state index in [0.29, 0.717) is 5.02 Å². The van der Waals surface area contributed by atoms with Gasteiger partial charge >= 0.3 is 0 Å². The van der Waals surface area contributed by atoms with Gasteiger partial charge in [-0.2, -0.15) is 5.10 Å². The molecule has 1 amide bonds. The molecule has 0 spiro atoms. The predicted octanol–water partition coefficient (Wildman–Crippen LogP) is 1.17. The molecule has 1 aromatic rings.